The molecule has 0 bridgehead atoms. The van der Waals surface area contributed by atoms with E-state index >= 15 is 0 Å². The van der Waals surface area contributed by atoms with Crippen LogP contribution in [0.15, 0.2) is 72.9 Å². The van der Waals surface area contributed by atoms with E-state index in [0.717, 1.165) is 101 Å². The number of fused-ring (bicyclic) bond motifs is 5. The van der Waals surface area contributed by atoms with E-state index in [-0.39, 0.29) is 24.5 Å². The van der Waals surface area contributed by atoms with Gasteiger partial charge in [-0.2, -0.15) is 8.42 Å². The molecule has 0 aromatic heterocycles. The van der Waals surface area contributed by atoms with Crippen LogP contribution < -0.4 is 5.32 Å². The van der Waals surface area contributed by atoms with Crippen LogP contribution in [0.5, 0.6) is 0 Å². The molecule has 0 aromatic carbocycles. The zero-order valence-corrected chi connectivity index (χ0v) is 38.9. The first-order chi connectivity index (χ1) is 28.9. The van der Waals surface area contributed by atoms with Crippen LogP contribution in [0.2, 0.25) is 0 Å². The van der Waals surface area contributed by atoms with Gasteiger partial charge >= 0.3 is 5.97 Å². The largest absolute Gasteiger partial charge is 0.462 e. The number of allylic oxidation sites excluding steroid dienone is 12. The molecule has 8 heteroatoms. The van der Waals surface area contributed by atoms with Crippen molar-refractivity contribution in [3.8, 4) is 0 Å². The summed E-state index contributed by atoms with van der Waals surface area (Å²) in [7, 11) is -4.07. The van der Waals surface area contributed by atoms with E-state index in [4.69, 9.17) is 9.29 Å². The Bertz CT molecular complexity index is 1590. The van der Waals surface area contributed by atoms with E-state index in [0.29, 0.717) is 41.4 Å². The van der Waals surface area contributed by atoms with Gasteiger partial charge in [0.1, 0.15) is 6.10 Å². The smallest absolute Gasteiger partial charge is 0.306 e. The summed E-state index contributed by atoms with van der Waals surface area (Å²) in [6, 6.07) is 0. The van der Waals surface area contributed by atoms with Gasteiger partial charge in [-0.15, -0.1) is 0 Å². The van der Waals surface area contributed by atoms with Crippen LogP contribution in [0.25, 0.3) is 0 Å². The lowest BCUT2D eigenvalue weighted by Gasteiger charge is -2.61. The molecular weight excluding hydrogens is 767 g/mol. The molecule has 0 saturated heterocycles. The number of unbranched alkanes of at least 4 members (excludes halogenated alkanes) is 4. The Morgan fingerprint density at radius 3 is 1.93 bits per heavy atom. The first-order valence-corrected chi connectivity index (χ1v) is 25.8. The zero-order valence-electron chi connectivity index (χ0n) is 38.0. The van der Waals surface area contributed by atoms with Gasteiger partial charge in [0.15, 0.2) is 0 Å². The molecule has 4 rings (SSSR count). The highest BCUT2D eigenvalue weighted by Crippen LogP contribution is 2.68. The molecule has 0 radical (unpaired) electrons. The van der Waals surface area contributed by atoms with Crippen molar-refractivity contribution in [2.75, 3.05) is 12.3 Å². The van der Waals surface area contributed by atoms with Gasteiger partial charge in [-0.05, 0) is 168 Å². The SMILES string of the molecule is CC/C=C\C/C=C\C/C=C\C/C=C\C/C=C\C/C=C\CCCCCCC(=O)OC1CCC2(C)C(CCC3C2CCC2(C)C(C(C)CCC(=O)NCCS(=O)(=O)O)CCC32)C1. The average Bonchev–Trinajstić information content (AvgIpc) is 3.57. The lowest BCUT2D eigenvalue weighted by molar-refractivity contribution is -0.162. The van der Waals surface area contributed by atoms with E-state index in [9.17, 15) is 18.0 Å². The van der Waals surface area contributed by atoms with Crippen molar-refractivity contribution < 1.29 is 27.3 Å². The van der Waals surface area contributed by atoms with Gasteiger partial charge in [-0.3, -0.25) is 14.1 Å². The molecule has 4 aliphatic rings. The van der Waals surface area contributed by atoms with Crippen molar-refractivity contribution in [2.24, 2.45) is 46.3 Å². The summed E-state index contributed by atoms with van der Waals surface area (Å²) in [5.41, 5.74) is 0.645. The minimum atomic E-state index is -4.07. The van der Waals surface area contributed by atoms with Crippen molar-refractivity contribution in [2.45, 2.75) is 181 Å². The van der Waals surface area contributed by atoms with Crippen molar-refractivity contribution in [3.63, 3.8) is 0 Å². The normalized spacial score (nSPS) is 30.1. The molecule has 2 N–H and O–H groups in total. The first kappa shape index (κ1) is 49.9. The lowest BCUT2D eigenvalue weighted by atomic mass is 9.44. The number of nitrogens with one attached hydrogen (secondary N) is 1. The highest BCUT2D eigenvalue weighted by molar-refractivity contribution is 7.85. The fourth-order valence-electron chi connectivity index (χ4n) is 12.0. The van der Waals surface area contributed by atoms with E-state index in [1.54, 1.807) is 0 Å². The van der Waals surface area contributed by atoms with Crippen LogP contribution >= 0.6 is 0 Å². The van der Waals surface area contributed by atoms with Gasteiger partial charge < -0.3 is 10.1 Å². The van der Waals surface area contributed by atoms with Crippen LogP contribution in [0.4, 0.5) is 0 Å². The monoisotopic (exact) mass is 850 g/mol. The number of rotatable bonds is 26. The second-order valence-electron chi connectivity index (χ2n) is 19.3. The predicted molar refractivity (Wildman–Crippen MR) is 249 cm³/mol. The third-order valence-corrected chi connectivity index (χ3v) is 16.0. The summed E-state index contributed by atoms with van der Waals surface area (Å²) in [6.45, 7) is 9.55. The molecule has 1 amide bonds. The minimum absolute atomic E-state index is 0.00406. The molecular formula is C52H83NO6S. The van der Waals surface area contributed by atoms with Crippen molar-refractivity contribution >= 4 is 22.0 Å². The topological polar surface area (TPSA) is 110 Å². The van der Waals surface area contributed by atoms with Gasteiger partial charge in [0.25, 0.3) is 10.1 Å². The molecule has 9 atom stereocenters. The molecule has 0 spiro atoms. The molecule has 4 aliphatic carbocycles. The fourth-order valence-corrected chi connectivity index (χ4v) is 12.4. The summed E-state index contributed by atoms with van der Waals surface area (Å²) >= 11 is 0. The Kier molecular flexibility index (Phi) is 21.7. The second kappa shape index (κ2) is 26.0. The fraction of sp³-hybridized carbons (Fsp3) is 0.731. The van der Waals surface area contributed by atoms with Crippen LogP contribution in [0.1, 0.15) is 175 Å². The van der Waals surface area contributed by atoms with Crippen molar-refractivity contribution in [1.82, 2.24) is 5.32 Å². The number of esters is 1. The molecule has 4 fully saturated rings. The summed E-state index contributed by atoms with van der Waals surface area (Å²) in [5, 5.41) is 2.65. The number of hydrogen-bond acceptors (Lipinski definition) is 5. The first-order valence-electron chi connectivity index (χ1n) is 24.2. The summed E-state index contributed by atoms with van der Waals surface area (Å²) < 4.78 is 37.1. The standard InChI is InChI=1S/C52H83NO6S/c1-5-6-7-8-9-10-11-12-13-14-15-16-17-18-19-20-21-22-23-24-25-26-27-28-50(55)59-44-35-37-51(3)43(41-44)30-31-45-47-33-32-46(52(47,4)38-36-48(45)51)42(2)29-34-49(54)53-39-40-60(56,57)58/h6-7,9-10,12-13,15-16,18-19,21-22,42-48H,5,8,11,14,17,20,23-41H2,1-4H3,(H,53,54)(H,56,57,58)/b7-6-,10-9-,13-12-,16-15-,19-18-,22-21-. The third kappa shape index (κ3) is 16.2. The number of ether oxygens (including phenoxy) is 1. The number of amides is 1. The van der Waals surface area contributed by atoms with E-state index in [1.165, 1.54) is 51.4 Å². The minimum Gasteiger partial charge on any atom is -0.462 e. The Labute approximate surface area is 366 Å². The highest BCUT2D eigenvalue weighted by atomic mass is 32.2. The molecule has 4 saturated carbocycles. The van der Waals surface area contributed by atoms with Gasteiger partial charge in [0.05, 0.1) is 5.75 Å². The highest BCUT2D eigenvalue weighted by Gasteiger charge is 2.60. The van der Waals surface area contributed by atoms with Crippen LogP contribution in [0.3, 0.4) is 0 Å². The summed E-state index contributed by atoms with van der Waals surface area (Å²) in [5.74, 6) is 3.37. The van der Waals surface area contributed by atoms with E-state index in [2.05, 4.69) is 106 Å². The number of hydrogen-bond donors (Lipinski definition) is 2. The van der Waals surface area contributed by atoms with Crippen LogP contribution in [-0.2, 0) is 24.4 Å². The summed E-state index contributed by atoms with van der Waals surface area (Å²) in [6.07, 6.45) is 51.1. The predicted octanol–water partition coefficient (Wildman–Crippen LogP) is 13.0. The van der Waals surface area contributed by atoms with Crippen LogP contribution in [-0.4, -0.2) is 43.2 Å². The maximum Gasteiger partial charge on any atom is 0.306 e. The quantitative estimate of drug-likeness (QED) is 0.0388. The zero-order chi connectivity index (χ0) is 43.3. The molecule has 9 unspecified atom stereocenters. The summed E-state index contributed by atoms with van der Waals surface area (Å²) in [4.78, 5) is 25.3. The van der Waals surface area contributed by atoms with E-state index in [1.807, 2.05) is 0 Å². The van der Waals surface area contributed by atoms with Crippen molar-refractivity contribution in [3.05, 3.63) is 72.9 Å². The molecule has 60 heavy (non-hydrogen) atoms. The maximum atomic E-state index is 12.9. The van der Waals surface area contributed by atoms with Crippen LogP contribution in [0, 0.1) is 46.3 Å². The average molecular weight is 850 g/mol. The van der Waals surface area contributed by atoms with Gasteiger partial charge in [-0.1, -0.05) is 113 Å². The van der Waals surface area contributed by atoms with Gasteiger partial charge in [-0.25, -0.2) is 0 Å². The molecule has 7 nitrogen and oxygen atoms in total. The number of carbonyl (C=O) groups excluding carboxylic acids is 2. The Hall–Kier alpha value is -2.71. The van der Waals surface area contributed by atoms with Gasteiger partial charge in [0, 0.05) is 19.4 Å². The maximum absolute atomic E-state index is 12.9. The molecule has 338 valence electrons. The Balaban J connectivity index is 1.04. The second-order valence-corrected chi connectivity index (χ2v) is 20.9. The lowest BCUT2D eigenvalue weighted by Crippen LogP contribution is -2.54. The van der Waals surface area contributed by atoms with E-state index < -0.39 is 15.9 Å². The van der Waals surface area contributed by atoms with Gasteiger partial charge in [0.2, 0.25) is 5.91 Å². The number of carbonyl (C=O) groups is 2. The Morgan fingerprint density at radius 1 is 0.717 bits per heavy atom. The molecule has 0 aromatic rings. The van der Waals surface area contributed by atoms with Crippen molar-refractivity contribution in [1.29, 1.82) is 0 Å². The molecule has 0 aliphatic heterocycles. The molecule has 0 heterocycles. The third-order valence-electron chi connectivity index (χ3n) is 15.3. The Morgan fingerprint density at radius 2 is 1.30 bits per heavy atom.